The van der Waals surface area contributed by atoms with E-state index in [9.17, 15) is 19.5 Å². The first-order chi connectivity index (χ1) is 9.86. The van der Waals surface area contributed by atoms with Crippen molar-refractivity contribution in [3.63, 3.8) is 0 Å². The molecular formula is C14H24N2O5. The Morgan fingerprint density at radius 1 is 1.33 bits per heavy atom. The van der Waals surface area contributed by atoms with E-state index in [0.29, 0.717) is 12.8 Å². The minimum atomic E-state index is -0.870. The molecule has 2 N–H and O–H groups in total. The van der Waals surface area contributed by atoms with Gasteiger partial charge in [0.2, 0.25) is 0 Å². The third-order valence-corrected chi connectivity index (χ3v) is 3.89. The van der Waals surface area contributed by atoms with Crippen LogP contribution >= 0.6 is 0 Å². The van der Waals surface area contributed by atoms with Gasteiger partial charge in [-0.25, -0.2) is 4.79 Å². The number of carbonyl (C=O) groups is 3. The zero-order valence-electron chi connectivity index (χ0n) is 12.8. The summed E-state index contributed by atoms with van der Waals surface area (Å²) in [4.78, 5) is 36.0. The second kappa shape index (κ2) is 7.85. The lowest BCUT2D eigenvalue weighted by Gasteiger charge is -2.31. The Kier molecular flexibility index (Phi) is 6.45. The zero-order valence-corrected chi connectivity index (χ0v) is 12.8. The minimum Gasteiger partial charge on any atom is -0.481 e. The summed E-state index contributed by atoms with van der Waals surface area (Å²) in [5, 5.41) is 12.0. The number of carbonyl (C=O) groups excluding carboxylic acids is 2. The number of amides is 2. The molecular weight excluding hydrogens is 276 g/mol. The normalized spacial score (nSPS) is 23.0. The van der Waals surface area contributed by atoms with Crippen molar-refractivity contribution in [1.29, 1.82) is 0 Å². The van der Waals surface area contributed by atoms with Crippen LogP contribution in [0.1, 0.15) is 32.6 Å². The molecule has 1 aliphatic rings. The molecule has 1 rings (SSSR count). The van der Waals surface area contributed by atoms with Crippen molar-refractivity contribution >= 4 is 18.0 Å². The number of methoxy groups -OCH3 is 1. The number of aliphatic carboxylic acids is 1. The predicted octanol–water partition coefficient (Wildman–Crippen LogP) is 1.08. The molecule has 120 valence electrons. The van der Waals surface area contributed by atoms with Crippen LogP contribution in [0.25, 0.3) is 0 Å². The first-order valence-electron chi connectivity index (χ1n) is 7.19. The quantitative estimate of drug-likeness (QED) is 0.741. The molecule has 1 saturated carbocycles. The highest BCUT2D eigenvalue weighted by atomic mass is 16.5. The summed E-state index contributed by atoms with van der Waals surface area (Å²) in [6.07, 6.45) is 3.04. The summed E-state index contributed by atoms with van der Waals surface area (Å²) >= 11 is 0. The molecule has 0 radical (unpaired) electrons. The van der Waals surface area contributed by atoms with E-state index in [1.54, 1.807) is 14.0 Å². The van der Waals surface area contributed by atoms with Crippen LogP contribution in [0.5, 0.6) is 0 Å². The third-order valence-electron chi connectivity index (χ3n) is 3.89. The van der Waals surface area contributed by atoms with E-state index in [-0.39, 0.29) is 24.6 Å². The molecule has 0 aliphatic heterocycles. The van der Waals surface area contributed by atoms with Crippen molar-refractivity contribution in [1.82, 2.24) is 10.2 Å². The minimum absolute atomic E-state index is 0.225. The number of hydrogen-bond donors (Lipinski definition) is 2. The number of carboxylic acids is 1. The van der Waals surface area contributed by atoms with Crippen molar-refractivity contribution < 1.29 is 24.2 Å². The molecule has 0 bridgehead atoms. The van der Waals surface area contributed by atoms with Gasteiger partial charge in [0.15, 0.2) is 0 Å². The lowest BCUT2D eigenvalue weighted by molar-refractivity contribution is -0.145. The number of nitrogens with one attached hydrogen (secondary N) is 1. The van der Waals surface area contributed by atoms with Crippen LogP contribution < -0.4 is 5.32 Å². The molecule has 0 spiro atoms. The second-order valence-electron chi connectivity index (χ2n) is 5.59. The van der Waals surface area contributed by atoms with E-state index >= 15 is 0 Å². The van der Waals surface area contributed by atoms with Crippen LogP contribution in [0.15, 0.2) is 0 Å². The van der Waals surface area contributed by atoms with Crippen molar-refractivity contribution in [2.75, 3.05) is 20.7 Å². The average molecular weight is 300 g/mol. The van der Waals surface area contributed by atoms with Gasteiger partial charge in [-0.3, -0.25) is 9.59 Å². The largest absolute Gasteiger partial charge is 0.481 e. The van der Waals surface area contributed by atoms with Crippen LogP contribution in [0.2, 0.25) is 0 Å². The van der Waals surface area contributed by atoms with Gasteiger partial charge in [0.05, 0.1) is 18.9 Å². The first kappa shape index (κ1) is 17.3. The van der Waals surface area contributed by atoms with E-state index in [1.807, 2.05) is 0 Å². The fourth-order valence-electron chi connectivity index (χ4n) is 2.64. The summed E-state index contributed by atoms with van der Waals surface area (Å²) in [5.41, 5.74) is 0. The van der Waals surface area contributed by atoms with Crippen LogP contribution in [0.3, 0.4) is 0 Å². The SMILES string of the molecule is COC(=O)C(C)CN(C)C(=O)NC1CCCCC1C(=O)O. The Bertz CT molecular complexity index is 399. The fraction of sp³-hybridized carbons (Fsp3) is 0.786. The van der Waals surface area contributed by atoms with Gasteiger partial charge in [-0.05, 0) is 12.8 Å². The Labute approximate surface area is 124 Å². The maximum Gasteiger partial charge on any atom is 0.317 e. The molecule has 0 saturated heterocycles. The van der Waals surface area contributed by atoms with Crippen LogP contribution in [0.4, 0.5) is 4.79 Å². The van der Waals surface area contributed by atoms with Gasteiger partial charge in [0.25, 0.3) is 0 Å². The highest BCUT2D eigenvalue weighted by molar-refractivity contribution is 5.78. The molecule has 3 unspecified atom stereocenters. The monoisotopic (exact) mass is 300 g/mol. The number of carboxylic acid groups (broad SMARTS) is 1. The highest BCUT2D eigenvalue weighted by Gasteiger charge is 2.32. The second-order valence-corrected chi connectivity index (χ2v) is 5.59. The number of esters is 1. The van der Waals surface area contributed by atoms with Gasteiger partial charge < -0.3 is 20.1 Å². The zero-order chi connectivity index (χ0) is 16.0. The topological polar surface area (TPSA) is 95.9 Å². The van der Waals surface area contributed by atoms with E-state index in [4.69, 9.17) is 0 Å². The smallest absolute Gasteiger partial charge is 0.317 e. The van der Waals surface area contributed by atoms with E-state index in [1.165, 1.54) is 12.0 Å². The summed E-state index contributed by atoms with van der Waals surface area (Å²) in [5.74, 6) is -2.21. The summed E-state index contributed by atoms with van der Waals surface area (Å²) in [6.45, 7) is 1.90. The van der Waals surface area contributed by atoms with E-state index in [0.717, 1.165) is 12.8 Å². The van der Waals surface area contributed by atoms with Gasteiger partial charge >= 0.3 is 18.0 Å². The molecule has 0 heterocycles. The summed E-state index contributed by atoms with van der Waals surface area (Å²) < 4.78 is 4.62. The van der Waals surface area contributed by atoms with Crippen LogP contribution in [-0.2, 0) is 14.3 Å². The van der Waals surface area contributed by atoms with Gasteiger partial charge in [0.1, 0.15) is 0 Å². The van der Waals surface area contributed by atoms with E-state index in [2.05, 4.69) is 10.1 Å². The number of rotatable bonds is 5. The number of nitrogens with zero attached hydrogens (tertiary/aromatic N) is 1. The molecule has 0 aromatic heterocycles. The van der Waals surface area contributed by atoms with Crippen molar-refractivity contribution in [3.05, 3.63) is 0 Å². The number of hydrogen-bond acceptors (Lipinski definition) is 4. The Morgan fingerprint density at radius 3 is 2.52 bits per heavy atom. The summed E-state index contributed by atoms with van der Waals surface area (Å²) in [6, 6.07) is -0.705. The van der Waals surface area contributed by atoms with Gasteiger partial charge in [-0.15, -0.1) is 0 Å². The molecule has 2 amide bonds. The maximum absolute atomic E-state index is 12.1. The Balaban J connectivity index is 2.54. The Hall–Kier alpha value is -1.79. The fourth-order valence-corrected chi connectivity index (χ4v) is 2.64. The standard InChI is InChI=1S/C14H24N2O5/c1-9(13(19)21-3)8-16(2)14(20)15-11-7-5-4-6-10(11)12(17)18/h9-11H,4-8H2,1-3H3,(H,15,20)(H,17,18). The molecule has 1 fully saturated rings. The van der Waals surface area contributed by atoms with Crippen molar-refractivity contribution in [3.8, 4) is 0 Å². The molecule has 0 aromatic rings. The highest BCUT2D eigenvalue weighted by Crippen LogP contribution is 2.24. The lowest BCUT2D eigenvalue weighted by atomic mass is 9.84. The predicted molar refractivity (Wildman–Crippen MR) is 75.7 cm³/mol. The van der Waals surface area contributed by atoms with Crippen LogP contribution in [0, 0.1) is 11.8 Å². The van der Waals surface area contributed by atoms with E-state index < -0.39 is 17.8 Å². The molecule has 0 aromatic carbocycles. The summed E-state index contributed by atoms with van der Waals surface area (Å²) in [7, 11) is 2.88. The van der Waals surface area contributed by atoms with Crippen molar-refractivity contribution in [2.24, 2.45) is 11.8 Å². The Morgan fingerprint density at radius 2 is 1.95 bits per heavy atom. The van der Waals surface area contributed by atoms with Crippen LogP contribution in [-0.4, -0.2) is 54.7 Å². The number of urea groups is 1. The lowest BCUT2D eigenvalue weighted by Crippen LogP contribution is -2.50. The van der Waals surface area contributed by atoms with Crippen molar-refractivity contribution in [2.45, 2.75) is 38.6 Å². The third kappa shape index (κ3) is 4.91. The first-order valence-corrected chi connectivity index (χ1v) is 7.19. The van der Waals surface area contributed by atoms with Gasteiger partial charge in [0, 0.05) is 19.6 Å². The molecule has 7 heteroatoms. The van der Waals surface area contributed by atoms with Gasteiger partial charge in [-0.1, -0.05) is 19.8 Å². The molecule has 21 heavy (non-hydrogen) atoms. The maximum atomic E-state index is 12.1. The molecule has 1 aliphatic carbocycles. The average Bonchev–Trinajstić information content (AvgIpc) is 2.46. The molecule has 3 atom stereocenters. The number of ether oxygens (including phenoxy) is 1. The van der Waals surface area contributed by atoms with Gasteiger partial charge in [-0.2, -0.15) is 0 Å². The molecule has 7 nitrogen and oxygen atoms in total.